The van der Waals surface area contributed by atoms with Gasteiger partial charge in [0.15, 0.2) is 0 Å². The van der Waals surface area contributed by atoms with Gasteiger partial charge in [-0.1, -0.05) is 0 Å². The Labute approximate surface area is 58.3 Å². The second-order valence-electron chi connectivity index (χ2n) is 2.16. The number of H-pyrrole nitrogens is 1. The molecule has 3 N–H and O–H groups in total. The third-order valence-corrected chi connectivity index (χ3v) is 1.49. The van der Waals surface area contributed by atoms with Gasteiger partial charge in [-0.2, -0.15) is 5.10 Å². The van der Waals surface area contributed by atoms with Crippen LogP contribution in [0.2, 0.25) is 0 Å². The Bertz CT molecular complexity index is 226. The van der Waals surface area contributed by atoms with Crippen molar-refractivity contribution in [2.24, 2.45) is 0 Å². The third-order valence-electron chi connectivity index (χ3n) is 1.49. The Balaban J connectivity index is 2.20. The standard InChI is InChI=1S/C6H8N4/c1-2-7-10-6(1)5-3-8-9-4-5/h1-4,6-7,10H,(H,8,9). The van der Waals surface area contributed by atoms with E-state index in [4.69, 9.17) is 0 Å². The molecule has 52 valence electrons. The van der Waals surface area contributed by atoms with Crippen LogP contribution in [-0.2, 0) is 0 Å². The lowest BCUT2D eigenvalue weighted by molar-refractivity contribution is 0.610. The normalized spacial score (nSPS) is 23.0. The summed E-state index contributed by atoms with van der Waals surface area (Å²) in [6, 6.07) is 0.263. The molecule has 2 rings (SSSR count). The van der Waals surface area contributed by atoms with Crippen molar-refractivity contribution >= 4 is 0 Å². The zero-order chi connectivity index (χ0) is 6.81. The molecule has 0 radical (unpaired) electrons. The van der Waals surface area contributed by atoms with Gasteiger partial charge in [-0.3, -0.25) is 5.10 Å². The molecule has 4 nitrogen and oxygen atoms in total. The molecule has 10 heavy (non-hydrogen) atoms. The number of rotatable bonds is 1. The number of hydrogen-bond donors (Lipinski definition) is 3. The van der Waals surface area contributed by atoms with Gasteiger partial charge < -0.3 is 5.43 Å². The highest BCUT2D eigenvalue weighted by Crippen LogP contribution is 2.12. The topological polar surface area (TPSA) is 52.7 Å². The highest BCUT2D eigenvalue weighted by molar-refractivity contribution is 5.17. The minimum atomic E-state index is 0.263. The van der Waals surface area contributed by atoms with E-state index in [1.807, 2.05) is 18.5 Å². The van der Waals surface area contributed by atoms with E-state index in [-0.39, 0.29) is 6.04 Å². The maximum absolute atomic E-state index is 3.84. The molecule has 0 saturated heterocycles. The zero-order valence-electron chi connectivity index (χ0n) is 5.33. The number of hydrogen-bond acceptors (Lipinski definition) is 3. The first-order valence-corrected chi connectivity index (χ1v) is 3.13. The molecular weight excluding hydrogens is 128 g/mol. The molecule has 1 unspecified atom stereocenters. The van der Waals surface area contributed by atoms with Gasteiger partial charge in [-0.25, -0.2) is 5.43 Å². The van der Waals surface area contributed by atoms with E-state index in [1.54, 1.807) is 6.20 Å². The summed E-state index contributed by atoms with van der Waals surface area (Å²) in [4.78, 5) is 0. The maximum Gasteiger partial charge on any atom is 0.0738 e. The van der Waals surface area contributed by atoms with E-state index in [9.17, 15) is 0 Å². The lowest BCUT2D eigenvalue weighted by atomic mass is 10.2. The largest absolute Gasteiger partial charge is 0.328 e. The first kappa shape index (κ1) is 5.49. The molecule has 1 aromatic heterocycles. The number of aromatic nitrogens is 2. The van der Waals surface area contributed by atoms with Crippen LogP contribution in [0.25, 0.3) is 0 Å². The molecule has 1 aliphatic heterocycles. The van der Waals surface area contributed by atoms with Crippen LogP contribution >= 0.6 is 0 Å². The summed E-state index contributed by atoms with van der Waals surface area (Å²) in [5.74, 6) is 0. The maximum atomic E-state index is 3.84. The van der Waals surface area contributed by atoms with Gasteiger partial charge in [0.1, 0.15) is 0 Å². The number of hydrazine groups is 1. The predicted octanol–water partition coefficient (Wildman–Crippen LogP) is 0.0723. The summed E-state index contributed by atoms with van der Waals surface area (Å²) in [5.41, 5.74) is 7.07. The molecule has 1 aliphatic rings. The van der Waals surface area contributed by atoms with Crippen LogP contribution in [0.4, 0.5) is 0 Å². The Morgan fingerprint density at radius 2 is 2.50 bits per heavy atom. The molecule has 0 fully saturated rings. The SMILES string of the molecule is C1=CC(c2cn[nH]c2)NN1. The molecule has 0 aromatic carbocycles. The minimum absolute atomic E-state index is 0.263. The van der Waals surface area contributed by atoms with Gasteiger partial charge in [-0.05, 0) is 6.08 Å². The predicted molar refractivity (Wildman–Crippen MR) is 36.7 cm³/mol. The third kappa shape index (κ3) is 0.784. The van der Waals surface area contributed by atoms with Crippen molar-refractivity contribution in [3.05, 3.63) is 30.2 Å². The van der Waals surface area contributed by atoms with Crippen molar-refractivity contribution in [3.8, 4) is 0 Å². The smallest absolute Gasteiger partial charge is 0.0738 e. The van der Waals surface area contributed by atoms with Crippen LogP contribution in [0, 0.1) is 0 Å². The Morgan fingerprint density at radius 3 is 3.10 bits per heavy atom. The lowest BCUT2D eigenvalue weighted by Crippen LogP contribution is -2.23. The van der Waals surface area contributed by atoms with Crippen LogP contribution in [0.5, 0.6) is 0 Å². The fourth-order valence-electron chi connectivity index (χ4n) is 0.956. The molecule has 1 atom stereocenters. The van der Waals surface area contributed by atoms with Gasteiger partial charge >= 0.3 is 0 Å². The van der Waals surface area contributed by atoms with Crippen LogP contribution in [0.1, 0.15) is 11.6 Å². The molecule has 0 amide bonds. The summed E-state index contributed by atoms with van der Waals surface area (Å²) >= 11 is 0. The fraction of sp³-hybridized carbons (Fsp3) is 0.167. The molecule has 0 spiro atoms. The number of nitrogens with zero attached hydrogens (tertiary/aromatic N) is 1. The molecule has 2 heterocycles. The highest BCUT2D eigenvalue weighted by atomic mass is 15.4. The second kappa shape index (κ2) is 2.15. The van der Waals surface area contributed by atoms with Gasteiger partial charge in [0.2, 0.25) is 0 Å². The zero-order valence-corrected chi connectivity index (χ0v) is 5.33. The van der Waals surface area contributed by atoms with Crippen LogP contribution in [0.15, 0.2) is 24.7 Å². The average molecular weight is 136 g/mol. The van der Waals surface area contributed by atoms with E-state index in [0.29, 0.717) is 0 Å². The highest BCUT2D eigenvalue weighted by Gasteiger charge is 2.10. The summed E-state index contributed by atoms with van der Waals surface area (Å²) in [5, 5.41) is 6.60. The fourth-order valence-corrected chi connectivity index (χ4v) is 0.956. The van der Waals surface area contributed by atoms with Crippen molar-refractivity contribution in [1.82, 2.24) is 21.0 Å². The molecule has 0 bridgehead atoms. The molecule has 1 aromatic rings. The number of aromatic amines is 1. The minimum Gasteiger partial charge on any atom is -0.328 e. The van der Waals surface area contributed by atoms with Gasteiger partial charge in [0.25, 0.3) is 0 Å². The Hall–Kier alpha value is -1.29. The van der Waals surface area contributed by atoms with Gasteiger partial charge in [0, 0.05) is 18.0 Å². The lowest BCUT2D eigenvalue weighted by Gasteiger charge is -2.03. The molecule has 0 saturated carbocycles. The van der Waals surface area contributed by atoms with Crippen LogP contribution in [-0.4, -0.2) is 10.2 Å². The summed E-state index contributed by atoms with van der Waals surface area (Å²) in [6.45, 7) is 0. The quantitative estimate of drug-likeness (QED) is 0.512. The van der Waals surface area contributed by atoms with Gasteiger partial charge in [0.05, 0.1) is 12.2 Å². The Morgan fingerprint density at radius 1 is 1.50 bits per heavy atom. The van der Waals surface area contributed by atoms with Crippen molar-refractivity contribution in [1.29, 1.82) is 0 Å². The summed E-state index contributed by atoms with van der Waals surface area (Å²) < 4.78 is 0. The van der Waals surface area contributed by atoms with Crippen molar-refractivity contribution < 1.29 is 0 Å². The molecule has 4 heteroatoms. The molecule has 0 aliphatic carbocycles. The van der Waals surface area contributed by atoms with Crippen molar-refractivity contribution in [3.63, 3.8) is 0 Å². The van der Waals surface area contributed by atoms with Crippen molar-refractivity contribution in [2.75, 3.05) is 0 Å². The van der Waals surface area contributed by atoms with E-state index in [0.717, 1.165) is 5.56 Å². The Kier molecular flexibility index (Phi) is 1.18. The first-order chi connectivity index (χ1) is 4.97. The monoisotopic (exact) mass is 136 g/mol. The van der Waals surface area contributed by atoms with E-state index in [2.05, 4.69) is 21.0 Å². The van der Waals surface area contributed by atoms with Crippen molar-refractivity contribution in [2.45, 2.75) is 6.04 Å². The van der Waals surface area contributed by atoms with E-state index in [1.165, 1.54) is 0 Å². The average Bonchev–Trinajstić information content (AvgIpc) is 2.59. The summed E-state index contributed by atoms with van der Waals surface area (Å²) in [7, 11) is 0. The van der Waals surface area contributed by atoms with Crippen LogP contribution < -0.4 is 10.9 Å². The summed E-state index contributed by atoms with van der Waals surface area (Å²) in [6.07, 6.45) is 7.58. The number of nitrogens with one attached hydrogen (secondary N) is 3. The van der Waals surface area contributed by atoms with E-state index < -0.39 is 0 Å². The van der Waals surface area contributed by atoms with E-state index >= 15 is 0 Å². The van der Waals surface area contributed by atoms with Gasteiger partial charge in [-0.15, -0.1) is 0 Å². The second-order valence-corrected chi connectivity index (χ2v) is 2.16. The molecular formula is C6H8N4. The first-order valence-electron chi connectivity index (χ1n) is 3.13. The van der Waals surface area contributed by atoms with Crippen LogP contribution in [0.3, 0.4) is 0 Å².